The SMILES string of the molecule is COC(C)(C)CCC(O)c1cn[nH]c1N. The number of rotatable bonds is 5. The Labute approximate surface area is 89.6 Å². The Hall–Kier alpha value is -1.07. The topological polar surface area (TPSA) is 84.2 Å². The molecule has 0 aliphatic rings. The first-order valence-corrected chi connectivity index (χ1v) is 4.98. The van der Waals surface area contributed by atoms with Crippen LogP contribution in [-0.4, -0.2) is 28.0 Å². The number of nitrogens with zero attached hydrogens (tertiary/aromatic N) is 1. The third kappa shape index (κ3) is 3.21. The van der Waals surface area contributed by atoms with E-state index in [0.717, 1.165) is 6.42 Å². The van der Waals surface area contributed by atoms with Crippen LogP contribution in [0.5, 0.6) is 0 Å². The quantitative estimate of drug-likeness (QED) is 0.687. The van der Waals surface area contributed by atoms with Gasteiger partial charge in [0.15, 0.2) is 0 Å². The zero-order valence-electron chi connectivity index (χ0n) is 9.45. The first-order chi connectivity index (χ1) is 6.96. The first kappa shape index (κ1) is 12.0. The van der Waals surface area contributed by atoms with Crippen LogP contribution in [0.4, 0.5) is 5.82 Å². The van der Waals surface area contributed by atoms with Gasteiger partial charge in [0.05, 0.1) is 17.9 Å². The summed E-state index contributed by atoms with van der Waals surface area (Å²) in [7, 11) is 1.67. The molecule has 5 nitrogen and oxygen atoms in total. The van der Waals surface area contributed by atoms with Crippen LogP contribution in [0.15, 0.2) is 6.20 Å². The fourth-order valence-electron chi connectivity index (χ4n) is 1.31. The molecule has 0 radical (unpaired) electrons. The molecule has 0 fully saturated rings. The number of methoxy groups -OCH3 is 1. The Morgan fingerprint density at radius 3 is 2.80 bits per heavy atom. The summed E-state index contributed by atoms with van der Waals surface area (Å²) in [6.45, 7) is 3.97. The number of nitrogens with two attached hydrogens (primary N) is 1. The molecule has 86 valence electrons. The number of aliphatic hydroxyl groups is 1. The standard InChI is InChI=1S/C10H19N3O2/c1-10(2,15-3)5-4-8(14)7-6-12-13-9(7)11/h6,8,14H,4-5H2,1-3H3,(H3,11,12,13). The molecule has 1 unspecified atom stereocenters. The van der Waals surface area contributed by atoms with Gasteiger partial charge < -0.3 is 15.6 Å². The molecule has 1 heterocycles. The molecule has 0 aliphatic heterocycles. The second-order valence-electron chi connectivity index (χ2n) is 4.26. The van der Waals surface area contributed by atoms with Crippen LogP contribution in [0.3, 0.4) is 0 Å². The Morgan fingerprint density at radius 2 is 2.33 bits per heavy atom. The average molecular weight is 213 g/mol. The minimum absolute atomic E-state index is 0.223. The number of anilines is 1. The Kier molecular flexibility index (Phi) is 3.71. The summed E-state index contributed by atoms with van der Waals surface area (Å²) < 4.78 is 5.27. The molecule has 1 rings (SSSR count). The highest BCUT2D eigenvalue weighted by molar-refractivity contribution is 5.38. The third-order valence-corrected chi connectivity index (χ3v) is 2.63. The number of aliphatic hydroxyl groups excluding tert-OH is 1. The van der Waals surface area contributed by atoms with Crippen molar-refractivity contribution in [1.82, 2.24) is 10.2 Å². The number of nitrogen functional groups attached to an aromatic ring is 1. The van der Waals surface area contributed by atoms with Crippen molar-refractivity contribution < 1.29 is 9.84 Å². The maximum absolute atomic E-state index is 9.85. The number of nitrogens with one attached hydrogen (secondary N) is 1. The Balaban J connectivity index is 2.50. The van der Waals surface area contributed by atoms with Gasteiger partial charge in [-0.25, -0.2) is 0 Å². The molecule has 0 aliphatic carbocycles. The van der Waals surface area contributed by atoms with Crippen molar-refractivity contribution in [2.24, 2.45) is 0 Å². The number of hydrogen-bond acceptors (Lipinski definition) is 4. The minimum Gasteiger partial charge on any atom is -0.388 e. The zero-order chi connectivity index (χ0) is 11.5. The van der Waals surface area contributed by atoms with E-state index in [2.05, 4.69) is 10.2 Å². The van der Waals surface area contributed by atoms with Crippen molar-refractivity contribution in [3.05, 3.63) is 11.8 Å². The molecule has 0 bridgehead atoms. The number of aromatic amines is 1. The third-order valence-electron chi connectivity index (χ3n) is 2.63. The van der Waals surface area contributed by atoms with Gasteiger partial charge in [-0.05, 0) is 26.7 Å². The lowest BCUT2D eigenvalue weighted by Crippen LogP contribution is -2.23. The lowest BCUT2D eigenvalue weighted by Gasteiger charge is -2.24. The molecule has 15 heavy (non-hydrogen) atoms. The fourth-order valence-corrected chi connectivity index (χ4v) is 1.31. The predicted octanol–water partition coefficient (Wildman–Crippen LogP) is 1.23. The monoisotopic (exact) mass is 213 g/mol. The lowest BCUT2D eigenvalue weighted by atomic mass is 9.98. The van der Waals surface area contributed by atoms with Crippen LogP contribution < -0.4 is 5.73 Å². The van der Waals surface area contributed by atoms with E-state index < -0.39 is 6.10 Å². The molecule has 0 saturated carbocycles. The predicted molar refractivity (Wildman–Crippen MR) is 58.3 cm³/mol. The van der Waals surface area contributed by atoms with Gasteiger partial charge in [-0.2, -0.15) is 5.10 Å². The van der Waals surface area contributed by atoms with Gasteiger partial charge in [0.2, 0.25) is 0 Å². The Bertz CT molecular complexity index is 309. The summed E-state index contributed by atoms with van der Waals surface area (Å²) >= 11 is 0. The summed E-state index contributed by atoms with van der Waals surface area (Å²) in [5, 5.41) is 16.2. The van der Waals surface area contributed by atoms with Crippen molar-refractivity contribution >= 4 is 5.82 Å². The van der Waals surface area contributed by atoms with E-state index >= 15 is 0 Å². The normalized spacial score (nSPS) is 14.1. The molecule has 0 amide bonds. The van der Waals surface area contributed by atoms with Gasteiger partial charge >= 0.3 is 0 Å². The number of hydrogen-bond donors (Lipinski definition) is 3. The molecule has 4 N–H and O–H groups in total. The largest absolute Gasteiger partial charge is 0.388 e. The molecule has 1 aromatic rings. The van der Waals surface area contributed by atoms with E-state index in [0.29, 0.717) is 17.8 Å². The van der Waals surface area contributed by atoms with Crippen molar-refractivity contribution in [3.8, 4) is 0 Å². The van der Waals surface area contributed by atoms with Crippen LogP contribution >= 0.6 is 0 Å². The van der Waals surface area contributed by atoms with E-state index in [1.807, 2.05) is 13.8 Å². The number of aromatic nitrogens is 2. The molecular formula is C10H19N3O2. The van der Waals surface area contributed by atoms with Crippen LogP contribution in [0.1, 0.15) is 38.4 Å². The highest BCUT2D eigenvalue weighted by atomic mass is 16.5. The second kappa shape index (κ2) is 4.63. The van der Waals surface area contributed by atoms with Crippen molar-refractivity contribution in [3.63, 3.8) is 0 Å². The molecule has 0 spiro atoms. The molecular weight excluding hydrogens is 194 g/mol. The summed E-state index contributed by atoms with van der Waals surface area (Å²) in [4.78, 5) is 0. The minimum atomic E-state index is -0.585. The Morgan fingerprint density at radius 1 is 1.67 bits per heavy atom. The molecule has 1 atom stereocenters. The van der Waals surface area contributed by atoms with Crippen molar-refractivity contribution in [1.29, 1.82) is 0 Å². The molecule has 0 saturated heterocycles. The van der Waals surface area contributed by atoms with E-state index in [-0.39, 0.29) is 5.60 Å². The smallest absolute Gasteiger partial charge is 0.124 e. The maximum Gasteiger partial charge on any atom is 0.124 e. The molecule has 5 heteroatoms. The van der Waals surface area contributed by atoms with Gasteiger partial charge in [0.1, 0.15) is 5.82 Å². The van der Waals surface area contributed by atoms with Crippen molar-refractivity contribution in [2.75, 3.05) is 12.8 Å². The summed E-state index contributed by atoms with van der Waals surface area (Å²) in [5.74, 6) is 0.428. The molecule has 0 aromatic carbocycles. The molecule has 1 aromatic heterocycles. The van der Waals surface area contributed by atoms with Gasteiger partial charge in [-0.3, -0.25) is 5.10 Å². The summed E-state index contributed by atoms with van der Waals surface area (Å²) in [6, 6.07) is 0. The van der Waals surface area contributed by atoms with Gasteiger partial charge in [-0.15, -0.1) is 0 Å². The average Bonchev–Trinajstić information content (AvgIpc) is 2.61. The lowest BCUT2D eigenvalue weighted by molar-refractivity contribution is 0.00285. The van der Waals surface area contributed by atoms with E-state index in [9.17, 15) is 5.11 Å². The number of ether oxygens (including phenoxy) is 1. The fraction of sp³-hybridized carbons (Fsp3) is 0.700. The van der Waals surface area contributed by atoms with Crippen LogP contribution in [0.25, 0.3) is 0 Å². The highest BCUT2D eigenvalue weighted by Gasteiger charge is 2.20. The summed E-state index contributed by atoms with van der Waals surface area (Å²) in [6.07, 6.45) is 2.33. The van der Waals surface area contributed by atoms with Gasteiger partial charge in [0, 0.05) is 12.7 Å². The zero-order valence-corrected chi connectivity index (χ0v) is 9.45. The van der Waals surface area contributed by atoms with E-state index in [1.165, 1.54) is 0 Å². The summed E-state index contributed by atoms with van der Waals surface area (Å²) in [5.41, 5.74) is 6.04. The van der Waals surface area contributed by atoms with E-state index in [1.54, 1.807) is 13.3 Å². The first-order valence-electron chi connectivity index (χ1n) is 4.98. The second-order valence-corrected chi connectivity index (χ2v) is 4.26. The van der Waals surface area contributed by atoms with Gasteiger partial charge in [0.25, 0.3) is 0 Å². The van der Waals surface area contributed by atoms with Crippen LogP contribution in [0, 0.1) is 0 Å². The van der Waals surface area contributed by atoms with Crippen LogP contribution in [0.2, 0.25) is 0 Å². The van der Waals surface area contributed by atoms with E-state index in [4.69, 9.17) is 10.5 Å². The number of H-pyrrole nitrogens is 1. The highest BCUT2D eigenvalue weighted by Crippen LogP contribution is 2.26. The van der Waals surface area contributed by atoms with Crippen LogP contribution in [-0.2, 0) is 4.74 Å². The van der Waals surface area contributed by atoms with Crippen molar-refractivity contribution in [2.45, 2.75) is 38.4 Å². The van der Waals surface area contributed by atoms with Gasteiger partial charge in [-0.1, -0.05) is 0 Å². The maximum atomic E-state index is 9.85.